The SMILES string of the molecule is CCCC(NC(=O)OCc1ccccc1)(C(=O)O)[P+](=O)C(CCCc1ccccc1)OCC. The molecule has 2 aromatic rings. The van der Waals surface area contributed by atoms with Gasteiger partial charge in [-0.1, -0.05) is 72.2 Å². The molecule has 3 unspecified atom stereocenters. The first-order chi connectivity index (χ1) is 15.9. The number of carbonyl (C=O) groups excluding carboxylic acids is 1. The van der Waals surface area contributed by atoms with E-state index in [1.54, 1.807) is 26.0 Å². The molecule has 0 radical (unpaired) electrons. The van der Waals surface area contributed by atoms with Crippen molar-refractivity contribution in [1.82, 2.24) is 5.32 Å². The maximum Gasteiger partial charge on any atom is 0.411 e. The zero-order chi connectivity index (χ0) is 24.1. The van der Waals surface area contributed by atoms with Gasteiger partial charge in [0.2, 0.25) is 0 Å². The maximum absolute atomic E-state index is 13.6. The molecule has 0 bridgehead atoms. The van der Waals surface area contributed by atoms with Crippen LogP contribution in [0.15, 0.2) is 60.7 Å². The number of carboxylic acid groups (broad SMARTS) is 1. The van der Waals surface area contributed by atoms with Crippen molar-refractivity contribution in [2.45, 2.75) is 63.7 Å². The van der Waals surface area contributed by atoms with Gasteiger partial charge in [-0.15, -0.1) is 0 Å². The first kappa shape index (κ1) is 26.5. The summed E-state index contributed by atoms with van der Waals surface area (Å²) >= 11 is 0. The molecule has 0 saturated heterocycles. The van der Waals surface area contributed by atoms with E-state index >= 15 is 0 Å². The van der Waals surface area contributed by atoms with E-state index in [0.717, 1.165) is 17.5 Å². The summed E-state index contributed by atoms with van der Waals surface area (Å²) in [5.41, 5.74) is 1.91. The van der Waals surface area contributed by atoms with Crippen LogP contribution in [0.3, 0.4) is 0 Å². The molecule has 0 aliphatic heterocycles. The van der Waals surface area contributed by atoms with Gasteiger partial charge in [-0.2, -0.15) is 0 Å². The Hall–Kier alpha value is -2.76. The van der Waals surface area contributed by atoms with Crippen LogP contribution in [0.5, 0.6) is 0 Å². The van der Waals surface area contributed by atoms with Crippen LogP contribution in [-0.4, -0.2) is 34.9 Å². The van der Waals surface area contributed by atoms with Gasteiger partial charge in [0.25, 0.3) is 5.85 Å². The summed E-state index contributed by atoms with van der Waals surface area (Å²) in [6.07, 6.45) is 1.34. The number of ether oxygens (including phenoxy) is 2. The summed E-state index contributed by atoms with van der Waals surface area (Å²) in [5.74, 6) is -2.15. The molecule has 2 rings (SSSR count). The van der Waals surface area contributed by atoms with Crippen LogP contribution in [0.4, 0.5) is 4.79 Å². The number of carboxylic acids is 1. The van der Waals surface area contributed by atoms with Crippen molar-refractivity contribution in [3.8, 4) is 0 Å². The number of carbonyl (C=O) groups is 2. The van der Waals surface area contributed by atoms with E-state index in [9.17, 15) is 19.3 Å². The summed E-state index contributed by atoms with van der Waals surface area (Å²) in [5, 5.41) is 10.5. The summed E-state index contributed by atoms with van der Waals surface area (Å²) < 4.78 is 24.6. The van der Waals surface area contributed by atoms with Crippen molar-refractivity contribution in [2.24, 2.45) is 0 Å². The molecule has 178 valence electrons. The molecule has 7 nitrogen and oxygen atoms in total. The molecule has 0 aliphatic rings. The standard InChI is InChI=1S/C25H32NO6P/c1-3-18-25(23(27)28,26-24(29)32-19-21-14-9-6-10-15-21)33(30)22(31-4-2)17-11-16-20-12-7-5-8-13-20/h5-10,12-15,22H,3-4,11,16-19H2,1-2H3,(H-,26,27,28,29)/p+1. The third-order valence-electron chi connectivity index (χ3n) is 5.24. The van der Waals surface area contributed by atoms with Gasteiger partial charge in [-0.25, -0.2) is 9.59 Å². The van der Waals surface area contributed by atoms with Crippen LogP contribution in [0.1, 0.15) is 50.7 Å². The Morgan fingerprint density at radius 1 is 1.03 bits per heavy atom. The fourth-order valence-corrected chi connectivity index (χ4v) is 5.63. The monoisotopic (exact) mass is 474 g/mol. The molecule has 3 atom stereocenters. The smallest absolute Gasteiger partial charge is 0.411 e. The number of hydrogen-bond acceptors (Lipinski definition) is 5. The Bertz CT molecular complexity index is 892. The van der Waals surface area contributed by atoms with E-state index < -0.39 is 31.0 Å². The fraction of sp³-hybridized carbons (Fsp3) is 0.440. The van der Waals surface area contributed by atoms with E-state index in [1.165, 1.54) is 0 Å². The number of aliphatic carboxylic acids is 1. The summed E-state index contributed by atoms with van der Waals surface area (Å²) in [7, 11) is -2.50. The van der Waals surface area contributed by atoms with Crippen molar-refractivity contribution in [3.05, 3.63) is 71.8 Å². The molecule has 0 saturated carbocycles. The van der Waals surface area contributed by atoms with Crippen molar-refractivity contribution in [1.29, 1.82) is 0 Å². The van der Waals surface area contributed by atoms with Crippen LogP contribution < -0.4 is 5.32 Å². The molecule has 1 amide bonds. The number of hydrogen-bond donors (Lipinski definition) is 2. The van der Waals surface area contributed by atoms with Crippen LogP contribution in [0, 0.1) is 0 Å². The first-order valence-electron chi connectivity index (χ1n) is 11.3. The normalized spacial score (nSPS) is 14.1. The largest absolute Gasteiger partial charge is 0.476 e. The second-order valence-electron chi connectivity index (χ2n) is 7.72. The Morgan fingerprint density at radius 3 is 2.18 bits per heavy atom. The lowest BCUT2D eigenvalue weighted by atomic mass is 10.1. The van der Waals surface area contributed by atoms with Gasteiger partial charge < -0.3 is 14.6 Å². The Labute approximate surface area is 196 Å². The summed E-state index contributed by atoms with van der Waals surface area (Å²) in [6, 6.07) is 18.9. The lowest BCUT2D eigenvalue weighted by Gasteiger charge is -2.23. The van der Waals surface area contributed by atoms with Gasteiger partial charge in [-0.05, 0) is 37.3 Å². The lowest BCUT2D eigenvalue weighted by molar-refractivity contribution is -0.141. The van der Waals surface area contributed by atoms with Gasteiger partial charge in [0, 0.05) is 19.4 Å². The average Bonchev–Trinajstić information content (AvgIpc) is 2.82. The van der Waals surface area contributed by atoms with E-state index in [4.69, 9.17) is 9.47 Å². The van der Waals surface area contributed by atoms with E-state index in [0.29, 0.717) is 19.3 Å². The Kier molecular flexibility index (Phi) is 11.0. The quantitative estimate of drug-likeness (QED) is 0.340. The van der Waals surface area contributed by atoms with Gasteiger partial charge in [0.05, 0.1) is 0 Å². The van der Waals surface area contributed by atoms with Gasteiger partial charge in [0.15, 0.2) is 0 Å². The number of amides is 1. The van der Waals surface area contributed by atoms with Crippen molar-refractivity contribution in [2.75, 3.05) is 6.61 Å². The minimum Gasteiger partial charge on any atom is -0.476 e. The van der Waals surface area contributed by atoms with Gasteiger partial charge in [0.1, 0.15) is 6.61 Å². The molecular formula is C25H33NO6P+. The highest BCUT2D eigenvalue weighted by molar-refractivity contribution is 7.48. The molecule has 0 aliphatic carbocycles. The second-order valence-corrected chi connectivity index (χ2v) is 9.71. The lowest BCUT2D eigenvalue weighted by Crippen LogP contribution is -2.53. The molecule has 8 heteroatoms. The molecule has 2 aromatic carbocycles. The van der Waals surface area contributed by atoms with Crippen molar-refractivity contribution >= 4 is 19.9 Å². The number of aryl methyl sites for hydroxylation is 1. The number of benzene rings is 2. The van der Waals surface area contributed by atoms with Crippen LogP contribution in [-0.2, 0) is 31.9 Å². The predicted octanol–water partition coefficient (Wildman–Crippen LogP) is 5.71. The summed E-state index contributed by atoms with van der Waals surface area (Å²) in [6.45, 7) is 3.83. The number of rotatable bonds is 14. The predicted molar refractivity (Wildman–Crippen MR) is 127 cm³/mol. The molecule has 33 heavy (non-hydrogen) atoms. The molecule has 0 fully saturated rings. The second kappa shape index (κ2) is 13.7. The molecule has 0 heterocycles. The highest BCUT2D eigenvalue weighted by Crippen LogP contribution is 2.47. The molecule has 0 aromatic heterocycles. The third-order valence-corrected chi connectivity index (χ3v) is 7.45. The van der Waals surface area contributed by atoms with Gasteiger partial charge >= 0.3 is 25.1 Å². The van der Waals surface area contributed by atoms with E-state index in [1.807, 2.05) is 48.5 Å². The van der Waals surface area contributed by atoms with Crippen LogP contribution in [0.2, 0.25) is 0 Å². The third kappa shape index (κ3) is 7.95. The topological polar surface area (TPSA) is 102 Å². The Morgan fingerprint density at radius 2 is 1.64 bits per heavy atom. The zero-order valence-corrected chi connectivity index (χ0v) is 20.1. The summed E-state index contributed by atoms with van der Waals surface area (Å²) in [4.78, 5) is 24.9. The van der Waals surface area contributed by atoms with Gasteiger partial charge in [-0.3, -0.25) is 5.32 Å². The minimum absolute atomic E-state index is 0.000232. The highest BCUT2D eigenvalue weighted by Gasteiger charge is 2.61. The Balaban J connectivity index is 2.12. The van der Waals surface area contributed by atoms with Crippen molar-refractivity contribution in [3.63, 3.8) is 0 Å². The molecule has 0 spiro atoms. The fourth-order valence-electron chi connectivity index (χ4n) is 3.60. The van der Waals surface area contributed by atoms with E-state index in [-0.39, 0.29) is 19.6 Å². The van der Waals surface area contributed by atoms with Crippen molar-refractivity contribution < 1.29 is 28.7 Å². The average molecular weight is 475 g/mol. The first-order valence-corrected chi connectivity index (χ1v) is 12.6. The zero-order valence-electron chi connectivity index (χ0n) is 19.2. The van der Waals surface area contributed by atoms with E-state index in [2.05, 4.69) is 5.32 Å². The maximum atomic E-state index is 13.6. The number of alkyl carbamates (subject to hydrolysis) is 1. The van der Waals surface area contributed by atoms with Crippen LogP contribution in [0.25, 0.3) is 0 Å². The number of nitrogens with one attached hydrogen (secondary N) is 1. The highest BCUT2D eigenvalue weighted by atomic mass is 31.1. The van der Waals surface area contributed by atoms with Crippen LogP contribution >= 0.6 is 7.80 Å². The minimum atomic E-state index is -2.50. The molecule has 2 N–H and O–H groups in total. The molecular weight excluding hydrogens is 441 g/mol.